The number of hydrogen-bond donors (Lipinski definition) is 3. The first-order valence-corrected chi connectivity index (χ1v) is 6.12. The summed E-state index contributed by atoms with van der Waals surface area (Å²) >= 11 is 0. The fourth-order valence-electron chi connectivity index (χ4n) is 1.17. The van der Waals surface area contributed by atoms with Gasteiger partial charge in [-0.15, -0.1) is 0 Å². The lowest BCUT2D eigenvalue weighted by atomic mass is 10.3. The summed E-state index contributed by atoms with van der Waals surface area (Å²) in [6.45, 7) is 0. The second-order valence-electron chi connectivity index (χ2n) is 3.55. The van der Waals surface area contributed by atoms with Crippen LogP contribution in [0.5, 0.6) is 5.75 Å². The van der Waals surface area contributed by atoms with Crippen molar-refractivity contribution in [3.8, 4) is 5.75 Å². The summed E-state index contributed by atoms with van der Waals surface area (Å²) in [4.78, 5) is 0. The van der Waals surface area contributed by atoms with E-state index in [0.717, 1.165) is 12.8 Å². The zero-order valence-corrected chi connectivity index (χ0v) is 8.79. The minimum absolute atomic E-state index is 0.0293. The van der Waals surface area contributed by atoms with Crippen molar-refractivity contribution in [1.29, 1.82) is 0 Å². The Labute approximate surface area is 88.3 Å². The largest absolute Gasteiger partial charge is 0.508 e. The monoisotopic (exact) mass is 228 g/mol. The van der Waals surface area contributed by atoms with Crippen LogP contribution in [0, 0.1) is 0 Å². The highest BCUT2D eigenvalue weighted by Gasteiger charge is 2.26. The van der Waals surface area contributed by atoms with Crippen LogP contribution in [-0.2, 0) is 10.2 Å². The molecule has 82 valence electrons. The molecule has 1 aliphatic rings. The summed E-state index contributed by atoms with van der Waals surface area (Å²) < 4.78 is 27.7. The first-order valence-electron chi connectivity index (χ1n) is 4.64. The normalized spacial score (nSPS) is 16.3. The minimum atomic E-state index is -3.50. The molecule has 1 aromatic rings. The van der Waals surface area contributed by atoms with Gasteiger partial charge in [-0.3, -0.25) is 4.72 Å². The van der Waals surface area contributed by atoms with Crippen LogP contribution in [0.3, 0.4) is 0 Å². The number of nitrogens with one attached hydrogen (secondary N) is 2. The van der Waals surface area contributed by atoms with Gasteiger partial charge in [0.15, 0.2) is 0 Å². The average Bonchev–Trinajstić information content (AvgIpc) is 2.86. The molecule has 0 aromatic heterocycles. The third-order valence-corrected chi connectivity index (χ3v) is 3.15. The van der Waals surface area contributed by atoms with Gasteiger partial charge in [-0.2, -0.15) is 13.1 Å². The second kappa shape index (κ2) is 3.71. The molecule has 2 rings (SSSR count). The van der Waals surface area contributed by atoms with Gasteiger partial charge < -0.3 is 5.11 Å². The van der Waals surface area contributed by atoms with Crippen LogP contribution in [0.4, 0.5) is 5.69 Å². The van der Waals surface area contributed by atoms with Crippen LogP contribution in [-0.4, -0.2) is 19.6 Å². The molecule has 1 aromatic carbocycles. The van der Waals surface area contributed by atoms with Crippen molar-refractivity contribution >= 4 is 15.9 Å². The van der Waals surface area contributed by atoms with Crippen molar-refractivity contribution in [1.82, 2.24) is 4.72 Å². The van der Waals surface area contributed by atoms with Gasteiger partial charge in [0.05, 0.1) is 5.69 Å². The number of rotatable bonds is 4. The number of hydrogen-bond acceptors (Lipinski definition) is 3. The molecule has 0 bridgehead atoms. The predicted molar refractivity (Wildman–Crippen MR) is 56.8 cm³/mol. The van der Waals surface area contributed by atoms with E-state index in [0.29, 0.717) is 5.69 Å². The van der Waals surface area contributed by atoms with Gasteiger partial charge in [-0.05, 0) is 25.0 Å². The fraction of sp³-hybridized carbons (Fsp3) is 0.333. The Morgan fingerprint density at radius 3 is 2.67 bits per heavy atom. The zero-order chi connectivity index (χ0) is 10.9. The van der Waals surface area contributed by atoms with Gasteiger partial charge in [-0.1, -0.05) is 6.07 Å². The SMILES string of the molecule is O=S(=O)(Nc1cccc(O)c1)NC1CC1. The lowest BCUT2D eigenvalue weighted by Gasteiger charge is -2.08. The average molecular weight is 228 g/mol. The Morgan fingerprint density at radius 1 is 1.33 bits per heavy atom. The number of aromatic hydroxyl groups is 1. The van der Waals surface area contributed by atoms with E-state index >= 15 is 0 Å². The number of phenols is 1. The smallest absolute Gasteiger partial charge is 0.299 e. The fourth-order valence-corrected chi connectivity index (χ4v) is 2.35. The Hall–Kier alpha value is -1.27. The third-order valence-electron chi connectivity index (χ3n) is 2.00. The van der Waals surface area contributed by atoms with Gasteiger partial charge in [0, 0.05) is 12.1 Å². The molecule has 1 fully saturated rings. The van der Waals surface area contributed by atoms with E-state index in [1.165, 1.54) is 12.1 Å². The Bertz CT molecular complexity index is 454. The first kappa shape index (κ1) is 10.3. The quantitative estimate of drug-likeness (QED) is 0.713. The summed E-state index contributed by atoms with van der Waals surface area (Å²) in [5.74, 6) is 0.0293. The number of phenolic OH excluding ortho intramolecular Hbond substituents is 1. The van der Waals surface area contributed by atoms with Crippen LogP contribution >= 0.6 is 0 Å². The van der Waals surface area contributed by atoms with E-state index < -0.39 is 10.2 Å². The molecule has 1 aliphatic carbocycles. The highest BCUT2D eigenvalue weighted by atomic mass is 32.2. The lowest BCUT2D eigenvalue weighted by molar-refractivity contribution is 0.475. The summed E-state index contributed by atoms with van der Waals surface area (Å²) in [6, 6.07) is 6.05. The lowest BCUT2D eigenvalue weighted by Crippen LogP contribution is -2.31. The van der Waals surface area contributed by atoms with E-state index in [1.54, 1.807) is 12.1 Å². The highest BCUT2D eigenvalue weighted by Crippen LogP contribution is 2.21. The highest BCUT2D eigenvalue weighted by molar-refractivity contribution is 7.90. The molecule has 15 heavy (non-hydrogen) atoms. The second-order valence-corrected chi connectivity index (χ2v) is 4.99. The maximum atomic E-state index is 11.5. The van der Waals surface area contributed by atoms with E-state index in [2.05, 4.69) is 9.44 Å². The Kier molecular flexibility index (Phi) is 2.54. The van der Waals surface area contributed by atoms with E-state index in [4.69, 9.17) is 5.11 Å². The van der Waals surface area contributed by atoms with Crippen LogP contribution in [0.15, 0.2) is 24.3 Å². The van der Waals surface area contributed by atoms with Crippen LogP contribution in [0.25, 0.3) is 0 Å². The molecule has 1 saturated carbocycles. The molecule has 0 aliphatic heterocycles. The maximum Gasteiger partial charge on any atom is 0.299 e. The molecule has 0 atom stereocenters. The van der Waals surface area contributed by atoms with E-state index in [-0.39, 0.29) is 11.8 Å². The molecule has 3 N–H and O–H groups in total. The molecule has 0 heterocycles. The number of benzene rings is 1. The van der Waals surface area contributed by atoms with Crippen LogP contribution < -0.4 is 9.44 Å². The first-order chi connectivity index (χ1) is 7.05. The van der Waals surface area contributed by atoms with Crippen LogP contribution in [0.1, 0.15) is 12.8 Å². The molecule has 0 amide bonds. The van der Waals surface area contributed by atoms with Crippen molar-refractivity contribution in [2.24, 2.45) is 0 Å². The summed E-state index contributed by atoms with van der Waals surface area (Å²) in [7, 11) is -3.50. The summed E-state index contributed by atoms with van der Waals surface area (Å²) in [6.07, 6.45) is 1.78. The number of anilines is 1. The van der Waals surface area contributed by atoms with E-state index in [9.17, 15) is 8.42 Å². The molecule has 0 saturated heterocycles. The molecule has 6 heteroatoms. The zero-order valence-electron chi connectivity index (χ0n) is 7.97. The molecule has 5 nitrogen and oxygen atoms in total. The summed E-state index contributed by atoms with van der Waals surface area (Å²) in [5.41, 5.74) is 0.350. The van der Waals surface area contributed by atoms with Crippen molar-refractivity contribution < 1.29 is 13.5 Å². The van der Waals surface area contributed by atoms with Gasteiger partial charge >= 0.3 is 0 Å². The van der Waals surface area contributed by atoms with Crippen molar-refractivity contribution in [2.45, 2.75) is 18.9 Å². The maximum absolute atomic E-state index is 11.5. The molecular weight excluding hydrogens is 216 g/mol. The Balaban J connectivity index is 2.06. The molecule has 0 spiro atoms. The molecule has 0 unspecified atom stereocenters. The topological polar surface area (TPSA) is 78.4 Å². The van der Waals surface area contributed by atoms with Crippen molar-refractivity contribution in [2.75, 3.05) is 4.72 Å². The van der Waals surface area contributed by atoms with Crippen molar-refractivity contribution in [3.63, 3.8) is 0 Å². The van der Waals surface area contributed by atoms with Crippen molar-refractivity contribution in [3.05, 3.63) is 24.3 Å². The van der Waals surface area contributed by atoms with Gasteiger partial charge in [0.1, 0.15) is 5.75 Å². The molecular formula is C9H12N2O3S. The van der Waals surface area contributed by atoms with Gasteiger partial charge in [-0.25, -0.2) is 0 Å². The minimum Gasteiger partial charge on any atom is -0.508 e. The summed E-state index contributed by atoms with van der Waals surface area (Å²) in [5, 5.41) is 9.15. The Morgan fingerprint density at radius 2 is 2.07 bits per heavy atom. The van der Waals surface area contributed by atoms with E-state index in [1.807, 2.05) is 0 Å². The molecule has 0 radical (unpaired) electrons. The predicted octanol–water partition coefficient (Wildman–Crippen LogP) is 0.801. The standard InChI is InChI=1S/C9H12N2O3S/c12-9-3-1-2-8(6-9)11-15(13,14)10-7-4-5-7/h1-3,6-7,10-12H,4-5H2. The third kappa shape index (κ3) is 3.10. The van der Waals surface area contributed by atoms with Gasteiger partial charge in [0.2, 0.25) is 0 Å². The van der Waals surface area contributed by atoms with Gasteiger partial charge in [0.25, 0.3) is 10.2 Å². The van der Waals surface area contributed by atoms with Crippen LogP contribution in [0.2, 0.25) is 0 Å².